The van der Waals surface area contributed by atoms with Crippen LogP contribution >= 0.6 is 11.6 Å². The van der Waals surface area contributed by atoms with E-state index in [0.717, 1.165) is 24.2 Å². The van der Waals surface area contributed by atoms with Gasteiger partial charge in [0.2, 0.25) is 0 Å². The van der Waals surface area contributed by atoms with Crippen molar-refractivity contribution in [3.05, 3.63) is 10.8 Å². The number of ether oxygens (including phenoxy) is 2. The number of halogens is 1. The number of aromatic nitrogens is 2. The maximum atomic E-state index is 12.6. The Morgan fingerprint density at radius 1 is 1.06 bits per heavy atom. The summed E-state index contributed by atoms with van der Waals surface area (Å²) in [5.41, 5.74) is 17.1. The number of aliphatic imine (C=N–C) groups is 1. The molecule has 1 aromatic heterocycles. The predicted octanol–water partition coefficient (Wildman–Crippen LogP) is 2.48. The van der Waals surface area contributed by atoms with Gasteiger partial charge in [-0.05, 0) is 30.1 Å². The van der Waals surface area contributed by atoms with Crippen LogP contribution in [-0.4, -0.2) is 66.6 Å². The summed E-state index contributed by atoms with van der Waals surface area (Å²) in [6.45, 7) is 10.2. The molecule has 1 amide bonds. The predicted molar refractivity (Wildman–Crippen MR) is 133 cm³/mol. The van der Waals surface area contributed by atoms with E-state index in [4.69, 9.17) is 33.5 Å². The van der Waals surface area contributed by atoms with Crippen molar-refractivity contribution in [3.8, 4) is 0 Å². The van der Waals surface area contributed by atoms with Gasteiger partial charge in [0.1, 0.15) is 0 Å². The zero-order chi connectivity index (χ0) is 26.1. The van der Waals surface area contributed by atoms with Crippen molar-refractivity contribution >= 4 is 41.1 Å². The van der Waals surface area contributed by atoms with Gasteiger partial charge >= 0.3 is 5.97 Å². The quantitative estimate of drug-likeness (QED) is 0.169. The van der Waals surface area contributed by atoms with Gasteiger partial charge in [0.15, 0.2) is 28.4 Å². The Kier molecular flexibility index (Phi) is 11.0. The van der Waals surface area contributed by atoms with Crippen molar-refractivity contribution in [3.63, 3.8) is 0 Å². The molecule has 34 heavy (non-hydrogen) atoms. The number of guanidine groups is 1. The molecular weight excluding hydrogens is 462 g/mol. The minimum absolute atomic E-state index is 0.00449. The molecule has 0 saturated heterocycles. The van der Waals surface area contributed by atoms with E-state index in [1.54, 1.807) is 0 Å². The molecule has 0 aliphatic rings. The number of hydrogen-bond acceptors (Lipinski definition) is 9. The van der Waals surface area contributed by atoms with E-state index >= 15 is 0 Å². The van der Waals surface area contributed by atoms with Crippen LogP contribution < -0.4 is 17.2 Å². The molecule has 0 atom stereocenters. The van der Waals surface area contributed by atoms with Crippen molar-refractivity contribution in [2.24, 2.45) is 21.6 Å². The summed E-state index contributed by atoms with van der Waals surface area (Å²) in [6, 6.07) is 0. The molecule has 0 fully saturated rings. The largest absolute Gasteiger partial charge is 0.469 e. The molecule has 0 saturated carbocycles. The van der Waals surface area contributed by atoms with Crippen molar-refractivity contribution in [1.82, 2.24) is 14.9 Å². The highest BCUT2D eigenvalue weighted by atomic mass is 35.5. The minimum Gasteiger partial charge on any atom is -0.469 e. The molecule has 0 unspecified atom stereocenters. The van der Waals surface area contributed by atoms with E-state index in [0.29, 0.717) is 19.8 Å². The van der Waals surface area contributed by atoms with Crippen LogP contribution in [0.15, 0.2) is 4.99 Å². The second-order valence-corrected chi connectivity index (χ2v) is 9.66. The molecule has 1 rings (SSSR count). The smallest absolute Gasteiger partial charge is 0.307 e. The summed E-state index contributed by atoms with van der Waals surface area (Å²) in [7, 11) is 2.84. The van der Waals surface area contributed by atoms with Crippen LogP contribution in [0.2, 0.25) is 5.15 Å². The van der Waals surface area contributed by atoms with Gasteiger partial charge in [-0.2, -0.15) is 0 Å². The topological polar surface area (TPSA) is 172 Å². The highest BCUT2D eigenvalue weighted by Gasteiger charge is 2.36. The third kappa shape index (κ3) is 8.28. The van der Waals surface area contributed by atoms with Crippen molar-refractivity contribution in [2.45, 2.75) is 53.4 Å². The first-order valence-corrected chi connectivity index (χ1v) is 11.4. The Morgan fingerprint density at radius 3 is 2.29 bits per heavy atom. The second-order valence-electron chi connectivity index (χ2n) is 9.30. The maximum absolute atomic E-state index is 12.6. The van der Waals surface area contributed by atoms with Gasteiger partial charge in [-0.15, -0.1) is 0 Å². The summed E-state index contributed by atoms with van der Waals surface area (Å²) in [5.74, 6) is -1.01. The molecule has 0 aliphatic carbocycles. The van der Waals surface area contributed by atoms with Gasteiger partial charge in [0.05, 0.1) is 20.1 Å². The number of nitrogen functional groups attached to an aromatic ring is 2. The number of amides is 1. The monoisotopic (exact) mass is 499 g/mol. The molecule has 0 aliphatic heterocycles. The molecule has 1 aromatic rings. The SMILES string of the molecule is COC(=O)CCOCCC(C)(C)C(C)(C)CCCN=C(N)N(C)C(=O)c1nc(Cl)c(N)nc1N. The third-order valence-electron chi connectivity index (χ3n) is 6.37. The lowest BCUT2D eigenvalue weighted by molar-refractivity contribution is -0.141. The summed E-state index contributed by atoms with van der Waals surface area (Å²) in [4.78, 5) is 37.0. The van der Waals surface area contributed by atoms with Crippen LogP contribution in [0.4, 0.5) is 11.6 Å². The van der Waals surface area contributed by atoms with Gasteiger partial charge in [0, 0.05) is 20.2 Å². The highest BCUT2D eigenvalue weighted by Crippen LogP contribution is 2.44. The molecule has 0 aromatic carbocycles. The van der Waals surface area contributed by atoms with E-state index in [-0.39, 0.29) is 51.7 Å². The number of esters is 1. The summed E-state index contributed by atoms with van der Waals surface area (Å²) < 4.78 is 10.2. The Morgan fingerprint density at radius 2 is 1.68 bits per heavy atom. The molecule has 0 radical (unpaired) electrons. The van der Waals surface area contributed by atoms with E-state index in [2.05, 4.69) is 47.4 Å². The maximum Gasteiger partial charge on any atom is 0.307 e. The Hall–Kier alpha value is -2.66. The zero-order valence-electron chi connectivity index (χ0n) is 21.0. The number of carbonyl (C=O) groups excluding carboxylic acids is 2. The number of nitrogens with two attached hydrogens (primary N) is 3. The first-order valence-electron chi connectivity index (χ1n) is 11.0. The number of carbonyl (C=O) groups is 2. The van der Waals surface area contributed by atoms with Gasteiger partial charge in [-0.25, -0.2) is 9.97 Å². The van der Waals surface area contributed by atoms with Crippen molar-refractivity contribution in [2.75, 3.05) is 45.4 Å². The van der Waals surface area contributed by atoms with Crippen LogP contribution in [0, 0.1) is 10.8 Å². The lowest BCUT2D eigenvalue weighted by Crippen LogP contribution is -2.40. The van der Waals surface area contributed by atoms with Gasteiger partial charge in [-0.1, -0.05) is 39.3 Å². The van der Waals surface area contributed by atoms with Crippen LogP contribution in [0.25, 0.3) is 0 Å². The molecule has 6 N–H and O–H groups in total. The van der Waals surface area contributed by atoms with Crippen LogP contribution in [-0.2, 0) is 14.3 Å². The summed E-state index contributed by atoms with van der Waals surface area (Å²) in [5, 5.41) is -0.111. The average Bonchev–Trinajstić information content (AvgIpc) is 2.77. The van der Waals surface area contributed by atoms with Gasteiger partial charge in [0.25, 0.3) is 5.91 Å². The fraction of sp³-hybridized carbons (Fsp3) is 0.682. The fourth-order valence-electron chi connectivity index (χ4n) is 3.05. The van der Waals surface area contributed by atoms with Crippen molar-refractivity contribution in [1.29, 1.82) is 0 Å². The van der Waals surface area contributed by atoms with Crippen LogP contribution in [0.5, 0.6) is 0 Å². The number of anilines is 2. The molecule has 11 nitrogen and oxygen atoms in total. The molecule has 12 heteroatoms. The van der Waals surface area contributed by atoms with E-state index in [9.17, 15) is 9.59 Å². The number of nitrogens with zero attached hydrogens (tertiary/aromatic N) is 4. The lowest BCUT2D eigenvalue weighted by Gasteiger charge is -2.42. The first kappa shape index (κ1) is 29.4. The average molecular weight is 500 g/mol. The van der Waals surface area contributed by atoms with E-state index in [1.807, 2.05) is 0 Å². The second kappa shape index (κ2) is 12.7. The normalized spacial score (nSPS) is 12.5. The Balaban J connectivity index is 2.58. The molecule has 192 valence electrons. The molecule has 0 spiro atoms. The van der Waals surface area contributed by atoms with E-state index < -0.39 is 5.91 Å². The number of rotatable bonds is 12. The number of hydrogen-bond donors (Lipinski definition) is 3. The Labute approximate surface area is 206 Å². The molecule has 0 bridgehead atoms. The first-order chi connectivity index (χ1) is 15.7. The summed E-state index contributed by atoms with van der Waals surface area (Å²) >= 11 is 5.85. The van der Waals surface area contributed by atoms with Crippen LogP contribution in [0.1, 0.15) is 63.9 Å². The Bertz CT molecular complexity index is 890. The van der Waals surface area contributed by atoms with E-state index in [1.165, 1.54) is 14.2 Å². The van der Waals surface area contributed by atoms with Gasteiger partial charge in [-0.3, -0.25) is 19.5 Å². The summed E-state index contributed by atoms with van der Waals surface area (Å²) in [6.07, 6.45) is 2.76. The molecule has 1 heterocycles. The van der Waals surface area contributed by atoms with Crippen molar-refractivity contribution < 1.29 is 19.1 Å². The minimum atomic E-state index is -0.582. The fourth-order valence-corrected chi connectivity index (χ4v) is 3.17. The zero-order valence-corrected chi connectivity index (χ0v) is 21.7. The number of methoxy groups -OCH3 is 1. The van der Waals surface area contributed by atoms with Crippen LogP contribution in [0.3, 0.4) is 0 Å². The lowest BCUT2D eigenvalue weighted by atomic mass is 9.64. The highest BCUT2D eigenvalue weighted by molar-refractivity contribution is 6.31. The third-order valence-corrected chi connectivity index (χ3v) is 6.65. The van der Waals surface area contributed by atoms with Gasteiger partial charge < -0.3 is 26.7 Å². The standard InChI is InChI=1S/C22H38ClN7O4/c1-21(2,22(3,4)10-13-34-12-8-14(31)33-6)9-7-11-27-20(26)30(5)19(32)15-17(24)29-18(25)16(23)28-15/h7-13H2,1-6H3,(H2,26,27)(H4,24,25,29). The molecular formula is C22H38ClN7O4.